The summed E-state index contributed by atoms with van der Waals surface area (Å²) < 4.78 is 1.64. The van der Waals surface area contributed by atoms with Crippen LogP contribution in [-0.2, 0) is 13.6 Å². The molecule has 0 saturated carbocycles. The Hall–Kier alpha value is -2.70. The highest BCUT2D eigenvalue weighted by atomic mass is 16.4. The number of hydrogen-bond acceptors (Lipinski definition) is 4. The molecule has 2 N–H and O–H groups in total. The number of amides is 1. The summed E-state index contributed by atoms with van der Waals surface area (Å²) in [6, 6.07) is 4.50. The molecule has 19 heavy (non-hydrogen) atoms. The second-order valence-corrected chi connectivity index (χ2v) is 3.90. The lowest BCUT2D eigenvalue weighted by atomic mass is 10.2. The van der Waals surface area contributed by atoms with E-state index in [0.29, 0.717) is 6.54 Å². The molecule has 2 rings (SSSR count). The fraction of sp³-hybridized carbons (Fsp3) is 0.167. The highest BCUT2D eigenvalue weighted by Crippen LogP contribution is 2.01. The van der Waals surface area contributed by atoms with Crippen molar-refractivity contribution in [1.29, 1.82) is 0 Å². The van der Waals surface area contributed by atoms with Crippen molar-refractivity contribution in [2.45, 2.75) is 6.54 Å². The van der Waals surface area contributed by atoms with E-state index in [4.69, 9.17) is 5.11 Å². The van der Waals surface area contributed by atoms with Crippen molar-refractivity contribution >= 4 is 11.9 Å². The first-order valence-corrected chi connectivity index (χ1v) is 5.52. The van der Waals surface area contributed by atoms with Gasteiger partial charge in [-0.15, -0.1) is 0 Å². The van der Waals surface area contributed by atoms with E-state index in [1.165, 1.54) is 12.1 Å². The molecule has 0 saturated heterocycles. The summed E-state index contributed by atoms with van der Waals surface area (Å²) in [6.45, 7) is 0.294. The van der Waals surface area contributed by atoms with Crippen LogP contribution in [0.25, 0.3) is 0 Å². The summed E-state index contributed by atoms with van der Waals surface area (Å²) in [5.74, 6) is -1.45. The maximum Gasteiger partial charge on any atom is 0.337 e. The van der Waals surface area contributed by atoms with E-state index in [0.717, 1.165) is 11.9 Å². The minimum absolute atomic E-state index is 0.0428. The van der Waals surface area contributed by atoms with E-state index < -0.39 is 5.97 Å². The molecular formula is C12H12N4O3. The number of pyridine rings is 1. The summed E-state index contributed by atoms with van der Waals surface area (Å²) in [4.78, 5) is 26.2. The zero-order valence-corrected chi connectivity index (χ0v) is 10.2. The summed E-state index contributed by atoms with van der Waals surface area (Å²) in [5, 5.41) is 15.5. The van der Waals surface area contributed by atoms with Crippen LogP contribution in [0.4, 0.5) is 0 Å². The molecule has 1 amide bonds. The van der Waals surface area contributed by atoms with Crippen molar-refractivity contribution in [3.05, 3.63) is 47.5 Å². The number of aromatic nitrogens is 3. The normalized spacial score (nSPS) is 10.2. The van der Waals surface area contributed by atoms with Crippen LogP contribution in [0, 0.1) is 0 Å². The molecular weight excluding hydrogens is 248 g/mol. The zero-order valence-electron chi connectivity index (χ0n) is 10.2. The van der Waals surface area contributed by atoms with E-state index in [1.807, 2.05) is 0 Å². The number of rotatable bonds is 4. The van der Waals surface area contributed by atoms with Crippen LogP contribution in [0.3, 0.4) is 0 Å². The summed E-state index contributed by atoms with van der Waals surface area (Å²) in [5.41, 5.74) is 0.945. The van der Waals surface area contributed by atoms with Crippen LogP contribution < -0.4 is 5.32 Å². The van der Waals surface area contributed by atoms with E-state index in [-0.39, 0.29) is 17.2 Å². The van der Waals surface area contributed by atoms with Crippen molar-refractivity contribution < 1.29 is 14.7 Å². The molecule has 0 aliphatic rings. The number of carboxylic acid groups (broad SMARTS) is 1. The lowest BCUT2D eigenvalue weighted by Gasteiger charge is -2.02. The molecule has 0 spiro atoms. The predicted octanol–water partition coefficient (Wildman–Crippen LogP) is 0.443. The van der Waals surface area contributed by atoms with Crippen LogP contribution in [0.5, 0.6) is 0 Å². The van der Waals surface area contributed by atoms with Gasteiger partial charge in [0.05, 0.1) is 17.8 Å². The van der Waals surface area contributed by atoms with Crippen molar-refractivity contribution in [2.75, 3.05) is 0 Å². The fourth-order valence-electron chi connectivity index (χ4n) is 1.47. The van der Waals surface area contributed by atoms with Crippen LogP contribution in [-0.4, -0.2) is 31.7 Å². The molecule has 2 aromatic rings. The predicted molar refractivity (Wildman–Crippen MR) is 65.6 cm³/mol. The maximum absolute atomic E-state index is 11.8. The van der Waals surface area contributed by atoms with Gasteiger partial charge in [0.1, 0.15) is 5.69 Å². The van der Waals surface area contributed by atoms with Gasteiger partial charge in [0.25, 0.3) is 5.91 Å². The average molecular weight is 260 g/mol. The maximum atomic E-state index is 11.8. The smallest absolute Gasteiger partial charge is 0.337 e. The third kappa shape index (κ3) is 3.15. The molecule has 98 valence electrons. The highest BCUT2D eigenvalue weighted by molar-refractivity contribution is 5.93. The molecule has 0 fully saturated rings. The second kappa shape index (κ2) is 5.30. The van der Waals surface area contributed by atoms with Crippen LogP contribution in [0.1, 0.15) is 26.5 Å². The van der Waals surface area contributed by atoms with Gasteiger partial charge in [-0.2, -0.15) is 5.10 Å². The Balaban J connectivity index is 1.98. The van der Waals surface area contributed by atoms with Gasteiger partial charge in [0, 0.05) is 19.4 Å². The van der Waals surface area contributed by atoms with Gasteiger partial charge >= 0.3 is 5.97 Å². The molecule has 2 aromatic heterocycles. The van der Waals surface area contributed by atoms with Gasteiger partial charge in [0.2, 0.25) is 0 Å². The lowest BCUT2D eigenvalue weighted by Crippen LogP contribution is -2.24. The van der Waals surface area contributed by atoms with E-state index >= 15 is 0 Å². The van der Waals surface area contributed by atoms with Crippen LogP contribution >= 0.6 is 0 Å². The SMILES string of the molecule is Cn1ccc(CNC(=O)c2ccc(C(=O)O)cn2)n1. The van der Waals surface area contributed by atoms with E-state index in [2.05, 4.69) is 15.4 Å². The number of aromatic carboxylic acids is 1. The minimum atomic E-state index is -1.08. The van der Waals surface area contributed by atoms with E-state index in [1.54, 1.807) is 24.0 Å². The number of carbonyl (C=O) groups excluding carboxylic acids is 1. The highest BCUT2D eigenvalue weighted by Gasteiger charge is 2.09. The number of carbonyl (C=O) groups is 2. The molecule has 0 aliphatic heterocycles. The minimum Gasteiger partial charge on any atom is -0.478 e. The largest absolute Gasteiger partial charge is 0.478 e. The molecule has 2 heterocycles. The van der Waals surface area contributed by atoms with Crippen molar-refractivity contribution in [3.63, 3.8) is 0 Å². The second-order valence-electron chi connectivity index (χ2n) is 3.90. The number of nitrogens with one attached hydrogen (secondary N) is 1. The molecule has 0 unspecified atom stereocenters. The van der Waals surface area contributed by atoms with Gasteiger partial charge in [0.15, 0.2) is 0 Å². The molecule has 0 aliphatic carbocycles. The quantitative estimate of drug-likeness (QED) is 0.831. The van der Waals surface area contributed by atoms with Gasteiger partial charge in [-0.1, -0.05) is 0 Å². The summed E-state index contributed by atoms with van der Waals surface area (Å²) in [7, 11) is 1.79. The lowest BCUT2D eigenvalue weighted by molar-refractivity contribution is 0.0695. The molecule has 7 heteroatoms. The number of carboxylic acids is 1. The standard InChI is InChI=1S/C12H12N4O3/c1-16-5-4-9(15-16)7-14-11(17)10-3-2-8(6-13-10)12(18)19/h2-6H,7H2,1H3,(H,14,17)(H,18,19). The number of aryl methyl sites for hydroxylation is 1. The van der Waals surface area contributed by atoms with Gasteiger partial charge in [-0.05, 0) is 18.2 Å². The third-order valence-corrected chi connectivity index (χ3v) is 2.44. The van der Waals surface area contributed by atoms with Gasteiger partial charge in [-0.3, -0.25) is 14.5 Å². The Morgan fingerprint density at radius 2 is 2.16 bits per heavy atom. The number of nitrogens with zero attached hydrogens (tertiary/aromatic N) is 3. The summed E-state index contributed by atoms with van der Waals surface area (Å²) >= 11 is 0. The van der Waals surface area contributed by atoms with Crippen LogP contribution in [0.2, 0.25) is 0 Å². The third-order valence-electron chi connectivity index (χ3n) is 2.44. The van der Waals surface area contributed by atoms with Crippen LogP contribution in [0.15, 0.2) is 30.6 Å². The Kier molecular flexibility index (Phi) is 3.56. The first-order chi connectivity index (χ1) is 9.06. The Bertz CT molecular complexity index is 604. The first-order valence-electron chi connectivity index (χ1n) is 5.52. The fourth-order valence-corrected chi connectivity index (χ4v) is 1.47. The first kappa shape index (κ1) is 12.7. The molecule has 0 atom stereocenters. The Morgan fingerprint density at radius 3 is 2.68 bits per heavy atom. The molecule has 0 bridgehead atoms. The van der Waals surface area contributed by atoms with Crippen molar-refractivity contribution in [1.82, 2.24) is 20.1 Å². The monoisotopic (exact) mass is 260 g/mol. The number of hydrogen-bond donors (Lipinski definition) is 2. The zero-order chi connectivity index (χ0) is 13.8. The topological polar surface area (TPSA) is 97.1 Å². The average Bonchev–Trinajstić information content (AvgIpc) is 2.82. The van der Waals surface area contributed by atoms with Gasteiger partial charge in [-0.25, -0.2) is 4.79 Å². The Labute approximate surface area is 108 Å². The van der Waals surface area contributed by atoms with Crippen molar-refractivity contribution in [2.24, 2.45) is 7.05 Å². The molecule has 7 nitrogen and oxygen atoms in total. The molecule has 0 radical (unpaired) electrons. The Morgan fingerprint density at radius 1 is 1.37 bits per heavy atom. The molecule has 0 aromatic carbocycles. The van der Waals surface area contributed by atoms with E-state index in [9.17, 15) is 9.59 Å². The van der Waals surface area contributed by atoms with Crippen molar-refractivity contribution in [3.8, 4) is 0 Å². The summed E-state index contributed by atoms with van der Waals surface area (Å²) in [6.07, 6.45) is 2.93. The van der Waals surface area contributed by atoms with Gasteiger partial charge < -0.3 is 10.4 Å².